The van der Waals surface area contributed by atoms with Gasteiger partial charge in [0.2, 0.25) is 0 Å². The highest BCUT2D eigenvalue weighted by Crippen LogP contribution is 2.36. The van der Waals surface area contributed by atoms with Crippen molar-refractivity contribution in [2.24, 2.45) is 0 Å². The van der Waals surface area contributed by atoms with Crippen LogP contribution in [-0.4, -0.2) is 36.2 Å². The van der Waals surface area contributed by atoms with E-state index in [2.05, 4.69) is 11.9 Å². The molecule has 0 amide bonds. The van der Waals surface area contributed by atoms with Crippen LogP contribution in [-0.2, 0) is 6.18 Å². The Labute approximate surface area is 115 Å². The second kappa shape index (κ2) is 5.85. The second-order valence-corrected chi connectivity index (χ2v) is 4.74. The molecule has 1 heterocycles. The Bertz CT molecular complexity index is 482. The first-order valence-electron chi connectivity index (χ1n) is 6.41. The first-order valence-corrected chi connectivity index (χ1v) is 6.41. The third kappa shape index (κ3) is 3.13. The minimum atomic E-state index is -4.42. The highest BCUT2D eigenvalue weighted by molar-refractivity contribution is 5.41. The molecule has 0 aliphatic carbocycles. The van der Waals surface area contributed by atoms with E-state index in [1.165, 1.54) is 0 Å². The number of rotatable bonds is 3. The Hall–Kier alpha value is -1.53. The molecule has 20 heavy (non-hydrogen) atoms. The average molecular weight is 286 g/mol. The number of nitrogens with one attached hydrogen (secondary N) is 1. The first-order chi connectivity index (χ1) is 9.43. The summed E-state index contributed by atoms with van der Waals surface area (Å²) in [6.07, 6.45) is -2.85. The lowest BCUT2D eigenvalue weighted by molar-refractivity contribution is -0.137. The van der Waals surface area contributed by atoms with Gasteiger partial charge in [-0.1, -0.05) is 6.08 Å². The fourth-order valence-electron chi connectivity index (χ4n) is 2.40. The molecule has 0 saturated carbocycles. The van der Waals surface area contributed by atoms with E-state index in [9.17, 15) is 18.3 Å². The fraction of sp³-hybridized carbons (Fsp3) is 0.429. The summed E-state index contributed by atoms with van der Waals surface area (Å²) in [4.78, 5) is 2.00. The molecule has 0 unspecified atom stereocenters. The van der Waals surface area contributed by atoms with Crippen molar-refractivity contribution in [1.82, 2.24) is 10.2 Å². The van der Waals surface area contributed by atoms with Crippen LogP contribution in [0.5, 0.6) is 5.75 Å². The minimum absolute atomic E-state index is 0.138. The number of nitrogens with zero attached hydrogens (tertiary/aromatic N) is 1. The van der Waals surface area contributed by atoms with Gasteiger partial charge < -0.3 is 10.4 Å². The van der Waals surface area contributed by atoms with Gasteiger partial charge in [-0.05, 0) is 18.2 Å². The van der Waals surface area contributed by atoms with Gasteiger partial charge in [-0.25, -0.2) is 0 Å². The van der Waals surface area contributed by atoms with Crippen LogP contribution in [0.3, 0.4) is 0 Å². The summed E-state index contributed by atoms with van der Waals surface area (Å²) in [7, 11) is 0. The van der Waals surface area contributed by atoms with Crippen LogP contribution < -0.4 is 5.32 Å². The topological polar surface area (TPSA) is 35.5 Å². The molecule has 1 fully saturated rings. The van der Waals surface area contributed by atoms with E-state index in [1.54, 1.807) is 6.08 Å². The zero-order valence-corrected chi connectivity index (χ0v) is 11.0. The molecule has 0 bridgehead atoms. The van der Waals surface area contributed by atoms with Crippen LogP contribution >= 0.6 is 0 Å². The smallest absolute Gasteiger partial charge is 0.416 e. The van der Waals surface area contributed by atoms with E-state index >= 15 is 0 Å². The van der Waals surface area contributed by atoms with E-state index in [1.807, 2.05) is 4.90 Å². The van der Waals surface area contributed by atoms with Crippen molar-refractivity contribution in [2.45, 2.75) is 12.2 Å². The molecule has 2 N–H and O–H groups in total. The van der Waals surface area contributed by atoms with Gasteiger partial charge in [-0.2, -0.15) is 13.2 Å². The predicted molar refractivity (Wildman–Crippen MR) is 70.5 cm³/mol. The molecule has 110 valence electrons. The summed E-state index contributed by atoms with van der Waals surface area (Å²) in [5.74, 6) is -0.138. The van der Waals surface area contributed by atoms with Crippen molar-refractivity contribution >= 4 is 0 Å². The highest BCUT2D eigenvalue weighted by atomic mass is 19.4. The molecule has 0 radical (unpaired) electrons. The summed E-state index contributed by atoms with van der Waals surface area (Å²) < 4.78 is 38.3. The van der Waals surface area contributed by atoms with Crippen molar-refractivity contribution < 1.29 is 18.3 Å². The Morgan fingerprint density at radius 2 is 1.95 bits per heavy atom. The van der Waals surface area contributed by atoms with Gasteiger partial charge in [0.15, 0.2) is 0 Å². The molecule has 1 saturated heterocycles. The summed E-state index contributed by atoms with van der Waals surface area (Å²) in [6.45, 7) is 6.63. The number of hydrogen-bond donors (Lipinski definition) is 2. The first kappa shape index (κ1) is 14.9. The van der Waals surface area contributed by atoms with Gasteiger partial charge >= 0.3 is 6.18 Å². The molecule has 1 aliphatic rings. The number of aromatic hydroxyl groups is 1. The summed E-state index contributed by atoms with van der Waals surface area (Å²) in [5, 5.41) is 13.1. The van der Waals surface area contributed by atoms with Crippen LogP contribution in [0.4, 0.5) is 13.2 Å². The number of halogens is 3. The van der Waals surface area contributed by atoms with Gasteiger partial charge in [0.05, 0.1) is 11.6 Å². The Balaban J connectivity index is 2.35. The maximum Gasteiger partial charge on any atom is 0.416 e. The average Bonchev–Trinajstić information content (AvgIpc) is 2.41. The van der Waals surface area contributed by atoms with Gasteiger partial charge in [0.1, 0.15) is 5.75 Å². The summed E-state index contributed by atoms with van der Waals surface area (Å²) >= 11 is 0. The van der Waals surface area contributed by atoms with Gasteiger partial charge in [0, 0.05) is 31.7 Å². The van der Waals surface area contributed by atoms with Crippen LogP contribution in [0.1, 0.15) is 17.2 Å². The van der Waals surface area contributed by atoms with Gasteiger partial charge in [-0.15, -0.1) is 6.58 Å². The molecule has 1 aromatic carbocycles. The zero-order valence-electron chi connectivity index (χ0n) is 11.0. The lowest BCUT2D eigenvalue weighted by atomic mass is 10.0. The molecule has 1 aliphatic heterocycles. The lowest BCUT2D eigenvalue weighted by Gasteiger charge is -2.33. The minimum Gasteiger partial charge on any atom is -0.508 e. The van der Waals surface area contributed by atoms with E-state index in [0.717, 1.165) is 31.3 Å². The number of alkyl halides is 3. The standard InChI is InChI=1S/C14H17F3N2O/c1-2-12(19-7-5-18-6-8-19)11-9-10(14(15,16)17)3-4-13(11)20/h2-4,9,12,18,20H,1,5-8H2/t12-/m0/s1. The van der Waals surface area contributed by atoms with Crippen molar-refractivity contribution in [3.8, 4) is 5.75 Å². The molecule has 1 aromatic rings. The third-order valence-electron chi connectivity index (χ3n) is 3.44. The van der Waals surface area contributed by atoms with E-state index in [-0.39, 0.29) is 11.3 Å². The normalized spacial score (nSPS) is 18.8. The quantitative estimate of drug-likeness (QED) is 0.838. The predicted octanol–water partition coefficient (Wildman–Crippen LogP) is 2.54. The van der Waals surface area contributed by atoms with Gasteiger partial charge in [0.25, 0.3) is 0 Å². The molecule has 0 spiro atoms. The summed E-state index contributed by atoms with van der Waals surface area (Å²) in [5.41, 5.74) is -0.510. The Morgan fingerprint density at radius 3 is 2.50 bits per heavy atom. The monoisotopic (exact) mass is 286 g/mol. The van der Waals surface area contributed by atoms with E-state index in [4.69, 9.17) is 0 Å². The molecule has 0 aromatic heterocycles. The fourth-order valence-corrected chi connectivity index (χ4v) is 2.40. The number of benzene rings is 1. The summed E-state index contributed by atoms with van der Waals surface area (Å²) in [6, 6.07) is 2.57. The van der Waals surface area contributed by atoms with Crippen LogP contribution in [0.25, 0.3) is 0 Å². The third-order valence-corrected chi connectivity index (χ3v) is 3.44. The van der Waals surface area contributed by atoms with Crippen molar-refractivity contribution in [1.29, 1.82) is 0 Å². The number of phenolic OH excluding ortho intramolecular Hbond substituents is 1. The molecule has 6 heteroatoms. The van der Waals surface area contributed by atoms with E-state index in [0.29, 0.717) is 13.1 Å². The Morgan fingerprint density at radius 1 is 1.30 bits per heavy atom. The second-order valence-electron chi connectivity index (χ2n) is 4.74. The Kier molecular flexibility index (Phi) is 4.35. The molecule has 1 atom stereocenters. The van der Waals surface area contributed by atoms with Gasteiger partial charge in [-0.3, -0.25) is 4.90 Å². The molecular weight excluding hydrogens is 269 g/mol. The van der Waals surface area contributed by atoms with Crippen molar-refractivity contribution in [2.75, 3.05) is 26.2 Å². The van der Waals surface area contributed by atoms with Crippen LogP contribution in [0, 0.1) is 0 Å². The largest absolute Gasteiger partial charge is 0.508 e. The number of phenols is 1. The number of hydrogen-bond acceptors (Lipinski definition) is 3. The maximum atomic E-state index is 12.8. The zero-order chi connectivity index (χ0) is 14.8. The lowest BCUT2D eigenvalue weighted by Crippen LogP contribution is -2.44. The van der Waals surface area contributed by atoms with Crippen molar-refractivity contribution in [3.05, 3.63) is 42.0 Å². The van der Waals surface area contributed by atoms with Crippen LogP contribution in [0.2, 0.25) is 0 Å². The molecular formula is C14H17F3N2O. The van der Waals surface area contributed by atoms with Crippen LogP contribution in [0.15, 0.2) is 30.9 Å². The number of piperazine rings is 1. The highest BCUT2D eigenvalue weighted by Gasteiger charge is 2.32. The molecule has 3 nitrogen and oxygen atoms in total. The van der Waals surface area contributed by atoms with E-state index < -0.39 is 17.8 Å². The maximum absolute atomic E-state index is 12.8. The molecule has 2 rings (SSSR count). The van der Waals surface area contributed by atoms with Crippen molar-refractivity contribution in [3.63, 3.8) is 0 Å². The SMILES string of the molecule is C=C[C@@H](c1cc(C(F)(F)F)ccc1O)N1CCNCC1.